The van der Waals surface area contributed by atoms with Crippen molar-refractivity contribution in [2.45, 2.75) is 13.8 Å². The molecule has 0 saturated heterocycles. The van der Waals surface area contributed by atoms with Crippen molar-refractivity contribution < 1.29 is 8.42 Å². The number of aryl methyl sites for hydroxylation is 2. The molecule has 1 heterocycles. The van der Waals surface area contributed by atoms with Crippen LogP contribution in [-0.2, 0) is 10.0 Å². The molecular formula is C11H13N3O2S. The molecule has 17 heavy (non-hydrogen) atoms. The third-order valence-corrected chi connectivity index (χ3v) is 3.19. The van der Waals surface area contributed by atoms with Crippen LogP contribution in [0.15, 0.2) is 24.4 Å². The molecule has 0 atom stereocenters. The molecule has 1 aromatic heterocycles. The summed E-state index contributed by atoms with van der Waals surface area (Å²) >= 11 is 0. The van der Waals surface area contributed by atoms with Crippen LogP contribution in [0.4, 0.5) is 0 Å². The van der Waals surface area contributed by atoms with Gasteiger partial charge in [-0.15, -0.1) is 9.19 Å². The van der Waals surface area contributed by atoms with Gasteiger partial charge in [-0.1, -0.05) is 22.4 Å². The molecule has 2 rings (SSSR count). The summed E-state index contributed by atoms with van der Waals surface area (Å²) in [5, 5.41) is 7.47. The van der Waals surface area contributed by atoms with E-state index in [2.05, 4.69) is 10.3 Å². The number of hydrogen-bond donors (Lipinski definition) is 0. The summed E-state index contributed by atoms with van der Waals surface area (Å²) in [6.45, 7) is 3.97. The predicted octanol–water partition coefficient (Wildman–Crippen LogP) is 1.37. The van der Waals surface area contributed by atoms with E-state index in [1.165, 1.54) is 6.20 Å². The second-order valence-electron chi connectivity index (χ2n) is 4.12. The maximum Gasteiger partial charge on any atom is 0.252 e. The van der Waals surface area contributed by atoms with Crippen LogP contribution < -0.4 is 0 Å². The van der Waals surface area contributed by atoms with Gasteiger partial charge in [-0.2, -0.15) is 0 Å². The average Bonchev–Trinajstić information content (AvgIpc) is 2.63. The molecule has 0 aliphatic carbocycles. The summed E-state index contributed by atoms with van der Waals surface area (Å²) in [4.78, 5) is 0. The molecule has 0 saturated carbocycles. The Hall–Kier alpha value is -1.69. The van der Waals surface area contributed by atoms with Crippen LogP contribution in [0, 0.1) is 13.8 Å². The Balaban J connectivity index is 2.51. The van der Waals surface area contributed by atoms with E-state index in [1.54, 1.807) is 0 Å². The molecule has 0 bridgehead atoms. The summed E-state index contributed by atoms with van der Waals surface area (Å²) in [6, 6.07) is 5.94. The Morgan fingerprint density at radius 1 is 1.12 bits per heavy atom. The van der Waals surface area contributed by atoms with Crippen molar-refractivity contribution in [2.24, 2.45) is 0 Å². The van der Waals surface area contributed by atoms with Gasteiger partial charge in [-0.05, 0) is 26.0 Å². The zero-order valence-electron chi connectivity index (χ0n) is 9.88. The van der Waals surface area contributed by atoms with Crippen molar-refractivity contribution >= 4 is 10.0 Å². The molecule has 0 spiro atoms. The molecule has 0 radical (unpaired) electrons. The number of nitrogens with zero attached hydrogens (tertiary/aromatic N) is 3. The molecule has 5 nitrogen and oxygen atoms in total. The van der Waals surface area contributed by atoms with Gasteiger partial charge in [-0.3, -0.25) is 0 Å². The maximum absolute atomic E-state index is 11.3. The summed E-state index contributed by atoms with van der Waals surface area (Å²) in [7, 11) is -3.37. The van der Waals surface area contributed by atoms with Crippen LogP contribution in [-0.4, -0.2) is 29.1 Å². The second kappa shape index (κ2) is 3.96. The van der Waals surface area contributed by atoms with Gasteiger partial charge in [-0.25, -0.2) is 8.42 Å². The first kappa shape index (κ1) is 11.8. The summed E-state index contributed by atoms with van der Waals surface area (Å²) < 4.78 is 23.4. The van der Waals surface area contributed by atoms with Gasteiger partial charge in [0.15, 0.2) is 0 Å². The highest BCUT2D eigenvalue weighted by Gasteiger charge is 2.10. The fraction of sp³-hybridized carbons (Fsp3) is 0.273. The van der Waals surface area contributed by atoms with Gasteiger partial charge in [0.25, 0.3) is 10.0 Å². The molecule has 2 aromatic rings. The van der Waals surface area contributed by atoms with Crippen molar-refractivity contribution in [3.63, 3.8) is 0 Å². The monoisotopic (exact) mass is 251 g/mol. The number of rotatable bonds is 2. The summed E-state index contributed by atoms with van der Waals surface area (Å²) in [5.74, 6) is 0. The zero-order valence-corrected chi connectivity index (χ0v) is 10.7. The smallest absolute Gasteiger partial charge is 0.205 e. The third-order valence-electron chi connectivity index (χ3n) is 2.33. The van der Waals surface area contributed by atoms with Gasteiger partial charge in [0.05, 0.1) is 12.5 Å². The van der Waals surface area contributed by atoms with E-state index in [1.807, 2.05) is 32.0 Å². The maximum atomic E-state index is 11.3. The van der Waals surface area contributed by atoms with Gasteiger partial charge in [0.1, 0.15) is 5.69 Å². The first-order chi connectivity index (χ1) is 7.86. The third kappa shape index (κ3) is 2.52. The van der Waals surface area contributed by atoms with E-state index < -0.39 is 10.0 Å². The van der Waals surface area contributed by atoms with Crippen LogP contribution in [0.25, 0.3) is 11.3 Å². The number of benzene rings is 1. The highest BCUT2D eigenvalue weighted by atomic mass is 32.2. The summed E-state index contributed by atoms with van der Waals surface area (Å²) in [6.07, 6.45) is 2.51. The minimum atomic E-state index is -3.37. The van der Waals surface area contributed by atoms with Crippen molar-refractivity contribution in [1.29, 1.82) is 0 Å². The van der Waals surface area contributed by atoms with Gasteiger partial charge >= 0.3 is 0 Å². The van der Waals surface area contributed by atoms with Crippen molar-refractivity contribution in [2.75, 3.05) is 6.26 Å². The molecular weight excluding hydrogens is 238 g/mol. The molecule has 0 fully saturated rings. The van der Waals surface area contributed by atoms with Crippen LogP contribution in [0.5, 0.6) is 0 Å². The summed E-state index contributed by atoms with van der Waals surface area (Å²) in [5.41, 5.74) is 3.64. The van der Waals surface area contributed by atoms with Gasteiger partial charge < -0.3 is 0 Å². The molecule has 0 unspecified atom stereocenters. The fourth-order valence-corrected chi connectivity index (χ4v) is 2.13. The molecule has 0 amide bonds. The van der Waals surface area contributed by atoms with E-state index in [9.17, 15) is 8.42 Å². The minimum Gasteiger partial charge on any atom is -0.205 e. The van der Waals surface area contributed by atoms with Gasteiger partial charge in [0, 0.05) is 5.56 Å². The lowest BCUT2D eigenvalue weighted by molar-refractivity contribution is 0.583. The second-order valence-corrected chi connectivity index (χ2v) is 5.96. The molecule has 1 aromatic carbocycles. The number of aromatic nitrogens is 3. The zero-order chi connectivity index (χ0) is 12.6. The topological polar surface area (TPSA) is 64.8 Å². The SMILES string of the molecule is Cc1cc(C)cc(-c2cn(S(C)(=O)=O)nn2)c1. The van der Waals surface area contributed by atoms with E-state index in [0.717, 1.165) is 27.0 Å². The molecule has 0 aliphatic heterocycles. The van der Waals surface area contributed by atoms with E-state index >= 15 is 0 Å². The van der Waals surface area contributed by atoms with Crippen LogP contribution in [0.2, 0.25) is 0 Å². The normalized spacial score (nSPS) is 11.7. The largest absolute Gasteiger partial charge is 0.252 e. The van der Waals surface area contributed by atoms with Crippen LogP contribution >= 0.6 is 0 Å². The Morgan fingerprint density at radius 3 is 2.18 bits per heavy atom. The Bertz CT molecular complexity index is 639. The van der Waals surface area contributed by atoms with E-state index in [4.69, 9.17) is 0 Å². The van der Waals surface area contributed by atoms with Crippen LogP contribution in [0.3, 0.4) is 0 Å². The minimum absolute atomic E-state index is 0.558. The quantitative estimate of drug-likeness (QED) is 0.808. The Kier molecular flexibility index (Phi) is 2.74. The molecule has 0 aliphatic rings. The highest BCUT2D eigenvalue weighted by molar-refractivity contribution is 7.89. The van der Waals surface area contributed by atoms with E-state index in [-0.39, 0.29) is 0 Å². The fourth-order valence-electron chi connectivity index (χ4n) is 1.67. The highest BCUT2D eigenvalue weighted by Crippen LogP contribution is 2.19. The van der Waals surface area contributed by atoms with Crippen molar-refractivity contribution in [3.05, 3.63) is 35.5 Å². The van der Waals surface area contributed by atoms with Crippen LogP contribution in [0.1, 0.15) is 11.1 Å². The first-order valence-corrected chi connectivity index (χ1v) is 6.92. The van der Waals surface area contributed by atoms with E-state index in [0.29, 0.717) is 5.69 Å². The predicted molar refractivity (Wildman–Crippen MR) is 65.2 cm³/mol. The number of hydrogen-bond acceptors (Lipinski definition) is 4. The molecule has 0 N–H and O–H groups in total. The Morgan fingerprint density at radius 2 is 1.71 bits per heavy atom. The van der Waals surface area contributed by atoms with Crippen molar-refractivity contribution in [3.8, 4) is 11.3 Å². The van der Waals surface area contributed by atoms with Gasteiger partial charge in [0.2, 0.25) is 0 Å². The molecule has 90 valence electrons. The standard InChI is InChI=1S/C11H13N3O2S/c1-8-4-9(2)6-10(5-8)11-7-14(13-12-11)17(3,15)16/h4-7H,1-3H3. The first-order valence-electron chi connectivity index (χ1n) is 5.08. The van der Waals surface area contributed by atoms with Crippen molar-refractivity contribution in [1.82, 2.24) is 14.4 Å². The lowest BCUT2D eigenvalue weighted by Gasteiger charge is -2.00. The average molecular weight is 251 g/mol. The Labute approximate surface area is 100 Å². The molecule has 6 heteroatoms. The lowest BCUT2D eigenvalue weighted by atomic mass is 10.1. The lowest BCUT2D eigenvalue weighted by Crippen LogP contribution is -2.10.